The third-order valence-electron chi connectivity index (χ3n) is 5.75. The molecule has 0 unspecified atom stereocenters. The first-order valence-electron chi connectivity index (χ1n) is 8.95. The van der Waals surface area contributed by atoms with Crippen molar-refractivity contribution in [2.45, 2.75) is 39.4 Å². The van der Waals surface area contributed by atoms with Gasteiger partial charge in [0.05, 0.1) is 6.10 Å². The normalized spacial score (nSPS) is 37.1. The topological polar surface area (TPSA) is 65.0 Å². The molecule has 25 heavy (non-hydrogen) atoms. The van der Waals surface area contributed by atoms with E-state index in [1.54, 1.807) is 13.2 Å². The molecule has 0 radical (unpaired) electrons. The zero-order valence-corrected chi connectivity index (χ0v) is 15.4. The summed E-state index contributed by atoms with van der Waals surface area (Å²) in [7, 11) is 1.60. The number of ether oxygens (including phenoxy) is 3. The van der Waals surface area contributed by atoms with Crippen LogP contribution in [0.2, 0.25) is 0 Å². The molecule has 138 valence electrons. The van der Waals surface area contributed by atoms with E-state index in [1.807, 2.05) is 0 Å². The molecule has 0 saturated carbocycles. The van der Waals surface area contributed by atoms with Crippen molar-refractivity contribution in [3.05, 3.63) is 35.5 Å². The van der Waals surface area contributed by atoms with Crippen LogP contribution in [-0.4, -0.2) is 43.8 Å². The summed E-state index contributed by atoms with van der Waals surface area (Å²) >= 11 is 0. The molecule has 5 atom stereocenters. The minimum absolute atomic E-state index is 0.0187. The van der Waals surface area contributed by atoms with Crippen LogP contribution in [0.5, 0.6) is 0 Å². The quantitative estimate of drug-likeness (QED) is 0.470. The van der Waals surface area contributed by atoms with Gasteiger partial charge < -0.3 is 19.3 Å². The zero-order valence-electron chi connectivity index (χ0n) is 15.4. The molecule has 0 spiro atoms. The highest BCUT2D eigenvalue weighted by molar-refractivity contribution is 5.86. The molecule has 0 aromatic rings. The molecule has 1 N–H and O–H groups in total. The number of allylic oxidation sites excluding steroid dienone is 1. The lowest BCUT2D eigenvalue weighted by atomic mass is 9.55. The van der Waals surface area contributed by atoms with E-state index < -0.39 is 0 Å². The highest BCUT2D eigenvalue weighted by atomic mass is 16.7. The van der Waals surface area contributed by atoms with Crippen molar-refractivity contribution >= 4 is 5.97 Å². The zero-order chi connectivity index (χ0) is 18.2. The maximum absolute atomic E-state index is 12.2. The SMILES string of the molecule is COCO[C@@H]1C=C2C(=CC(=O)O[C@@H]2C(C)C)[C@@]2(C)CC=C[C@H](CO)[C@H]12. The van der Waals surface area contributed by atoms with Gasteiger partial charge in [0.15, 0.2) is 0 Å². The summed E-state index contributed by atoms with van der Waals surface area (Å²) in [6, 6.07) is 0. The van der Waals surface area contributed by atoms with Gasteiger partial charge in [-0.2, -0.15) is 0 Å². The molecular formula is C20H28O5. The van der Waals surface area contributed by atoms with Gasteiger partial charge in [-0.1, -0.05) is 32.9 Å². The van der Waals surface area contributed by atoms with Gasteiger partial charge in [-0.25, -0.2) is 4.79 Å². The van der Waals surface area contributed by atoms with Crippen molar-refractivity contribution in [3.63, 3.8) is 0 Å². The maximum atomic E-state index is 12.2. The van der Waals surface area contributed by atoms with Crippen LogP contribution in [0.15, 0.2) is 35.5 Å². The second-order valence-corrected chi connectivity index (χ2v) is 7.74. The Kier molecular flexibility index (Phi) is 5.19. The standard InChI is InChI=1S/C20H28O5/c1-12(2)19-14-8-16(24-11-23-4)18-13(10-21)6-5-7-20(18,3)15(14)9-17(22)25-19/h5-6,8-9,12-13,16,18-19,21H,7,10-11H2,1-4H3/t13-,16-,18-,19-,20-/m1/s1. The van der Waals surface area contributed by atoms with E-state index in [9.17, 15) is 9.90 Å². The van der Waals surface area contributed by atoms with E-state index in [0.717, 1.165) is 17.6 Å². The second-order valence-electron chi connectivity index (χ2n) is 7.74. The Morgan fingerprint density at radius 3 is 2.84 bits per heavy atom. The number of carbonyl (C=O) groups is 1. The number of aliphatic hydroxyl groups excluding tert-OH is 1. The van der Waals surface area contributed by atoms with Crippen LogP contribution in [0, 0.1) is 23.2 Å². The smallest absolute Gasteiger partial charge is 0.331 e. The molecule has 0 aromatic heterocycles. The highest BCUT2D eigenvalue weighted by Gasteiger charge is 2.52. The minimum Gasteiger partial charge on any atom is -0.454 e. The summed E-state index contributed by atoms with van der Waals surface area (Å²) in [5.41, 5.74) is 1.80. The van der Waals surface area contributed by atoms with Crippen molar-refractivity contribution in [1.29, 1.82) is 0 Å². The van der Waals surface area contributed by atoms with Crippen molar-refractivity contribution in [2.24, 2.45) is 23.2 Å². The van der Waals surface area contributed by atoms with E-state index >= 15 is 0 Å². The van der Waals surface area contributed by atoms with Crippen molar-refractivity contribution in [2.75, 3.05) is 20.5 Å². The van der Waals surface area contributed by atoms with Gasteiger partial charge in [-0.15, -0.1) is 0 Å². The Morgan fingerprint density at radius 1 is 1.44 bits per heavy atom. The molecule has 0 bridgehead atoms. The van der Waals surface area contributed by atoms with Crippen LogP contribution in [0.4, 0.5) is 0 Å². The number of methoxy groups -OCH3 is 1. The third-order valence-corrected chi connectivity index (χ3v) is 5.75. The fraction of sp³-hybridized carbons (Fsp3) is 0.650. The predicted octanol–water partition coefficient (Wildman–Crippen LogP) is 2.61. The summed E-state index contributed by atoms with van der Waals surface area (Å²) in [5.74, 6) is -0.0757. The number of rotatable bonds is 5. The molecule has 0 saturated heterocycles. The largest absolute Gasteiger partial charge is 0.454 e. The summed E-state index contributed by atoms with van der Waals surface area (Å²) in [4.78, 5) is 12.2. The molecule has 5 heteroatoms. The maximum Gasteiger partial charge on any atom is 0.331 e. The van der Waals surface area contributed by atoms with E-state index in [2.05, 4.69) is 39.0 Å². The van der Waals surface area contributed by atoms with E-state index in [-0.39, 0.29) is 54.7 Å². The number of esters is 1. The molecule has 2 aliphatic carbocycles. The Morgan fingerprint density at radius 2 is 2.20 bits per heavy atom. The first kappa shape index (κ1) is 18.4. The molecule has 5 nitrogen and oxygen atoms in total. The number of carbonyl (C=O) groups excluding carboxylic acids is 1. The summed E-state index contributed by atoms with van der Waals surface area (Å²) < 4.78 is 16.7. The second kappa shape index (κ2) is 7.06. The molecule has 3 rings (SSSR count). The Bertz CT molecular complexity index is 618. The molecule has 0 fully saturated rings. The van der Waals surface area contributed by atoms with Gasteiger partial charge in [-0.05, 0) is 29.6 Å². The Balaban J connectivity index is 2.12. The van der Waals surface area contributed by atoms with Gasteiger partial charge in [0.2, 0.25) is 0 Å². The van der Waals surface area contributed by atoms with Crippen molar-refractivity contribution < 1.29 is 24.1 Å². The van der Waals surface area contributed by atoms with Crippen LogP contribution in [0.1, 0.15) is 27.2 Å². The van der Waals surface area contributed by atoms with Gasteiger partial charge in [-0.3, -0.25) is 0 Å². The number of hydrogen-bond donors (Lipinski definition) is 1. The number of fused-ring (bicyclic) bond motifs is 3. The molecular weight excluding hydrogens is 320 g/mol. The first-order chi connectivity index (χ1) is 11.9. The van der Waals surface area contributed by atoms with Crippen LogP contribution < -0.4 is 0 Å². The summed E-state index contributed by atoms with van der Waals surface area (Å²) in [6.07, 6.45) is 8.24. The summed E-state index contributed by atoms with van der Waals surface area (Å²) in [5, 5.41) is 9.91. The van der Waals surface area contributed by atoms with Crippen LogP contribution in [0.3, 0.4) is 0 Å². The number of aliphatic hydroxyl groups is 1. The average Bonchev–Trinajstić information content (AvgIpc) is 2.58. The molecule has 3 aliphatic rings. The monoisotopic (exact) mass is 348 g/mol. The van der Waals surface area contributed by atoms with Crippen molar-refractivity contribution in [1.82, 2.24) is 0 Å². The summed E-state index contributed by atoms with van der Waals surface area (Å²) in [6.45, 7) is 6.52. The van der Waals surface area contributed by atoms with Gasteiger partial charge >= 0.3 is 5.97 Å². The average molecular weight is 348 g/mol. The van der Waals surface area contributed by atoms with Crippen LogP contribution >= 0.6 is 0 Å². The molecule has 0 aromatic carbocycles. The molecule has 1 aliphatic heterocycles. The number of cyclic esters (lactones) is 1. The van der Waals surface area contributed by atoms with Gasteiger partial charge in [0.25, 0.3) is 0 Å². The predicted molar refractivity (Wildman–Crippen MR) is 93.6 cm³/mol. The minimum atomic E-state index is -0.281. The van der Waals surface area contributed by atoms with E-state index in [4.69, 9.17) is 14.2 Å². The first-order valence-corrected chi connectivity index (χ1v) is 8.95. The lowest BCUT2D eigenvalue weighted by molar-refractivity contribution is -0.145. The third kappa shape index (κ3) is 3.09. The Hall–Kier alpha value is -1.43. The van der Waals surface area contributed by atoms with Crippen molar-refractivity contribution in [3.8, 4) is 0 Å². The van der Waals surface area contributed by atoms with Gasteiger partial charge in [0, 0.05) is 37.0 Å². The lowest BCUT2D eigenvalue weighted by Gasteiger charge is -2.52. The van der Waals surface area contributed by atoms with Gasteiger partial charge in [0.1, 0.15) is 12.9 Å². The lowest BCUT2D eigenvalue weighted by Crippen LogP contribution is -2.51. The molecule has 0 amide bonds. The van der Waals surface area contributed by atoms with E-state index in [1.165, 1.54) is 0 Å². The van der Waals surface area contributed by atoms with Crippen LogP contribution in [0.25, 0.3) is 0 Å². The van der Waals surface area contributed by atoms with Crippen LogP contribution in [-0.2, 0) is 19.0 Å². The number of hydrogen-bond acceptors (Lipinski definition) is 5. The fourth-order valence-electron chi connectivity index (χ4n) is 4.62. The molecule has 1 heterocycles. The Labute approximate surface area is 149 Å². The van der Waals surface area contributed by atoms with E-state index in [0.29, 0.717) is 0 Å². The fourth-order valence-corrected chi connectivity index (χ4v) is 4.62. The highest BCUT2D eigenvalue weighted by Crippen LogP contribution is 2.55.